The second-order valence-corrected chi connectivity index (χ2v) is 7.05. The largest absolute Gasteiger partial charge is 0.480 e. The molecular formula is C20H21F2NO5. The van der Waals surface area contributed by atoms with Crippen molar-refractivity contribution in [3.05, 3.63) is 59.7 Å². The predicted molar refractivity (Wildman–Crippen MR) is 97.4 cm³/mol. The molecule has 0 fully saturated rings. The first-order valence-corrected chi connectivity index (χ1v) is 8.47. The number of carboxylic acid groups (broad SMARTS) is 1. The fourth-order valence-corrected chi connectivity index (χ4v) is 2.31. The molecular weight excluding hydrogens is 372 g/mol. The number of ether oxygens (including phenoxy) is 2. The maximum Gasteiger partial charge on any atom is 0.408 e. The average Bonchev–Trinajstić information content (AvgIpc) is 2.56. The highest BCUT2D eigenvalue weighted by atomic mass is 19.1. The Labute approximate surface area is 161 Å². The summed E-state index contributed by atoms with van der Waals surface area (Å²) >= 11 is 0. The summed E-state index contributed by atoms with van der Waals surface area (Å²) in [6, 6.07) is 7.40. The van der Waals surface area contributed by atoms with E-state index in [1.807, 2.05) is 0 Å². The molecule has 0 aliphatic carbocycles. The second kappa shape index (κ2) is 8.69. The lowest BCUT2D eigenvalue weighted by molar-refractivity contribution is -0.139. The van der Waals surface area contributed by atoms with Crippen LogP contribution in [0.2, 0.25) is 0 Å². The molecule has 2 N–H and O–H groups in total. The summed E-state index contributed by atoms with van der Waals surface area (Å²) in [5.74, 6) is -1.88. The quantitative estimate of drug-likeness (QED) is 0.765. The summed E-state index contributed by atoms with van der Waals surface area (Å²) in [7, 11) is 0. The molecule has 0 saturated carbocycles. The molecule has 2 aromatic carbocycles. The Morgan fingerprint density at radius 3 is 2.25 bits per heavy atom. The van der Waals surface area contributed by atoms with Gasteiger partial charge >= 0.3 is 12.1 Å². The molecule has 0 radical (unpaired) electrons. The number of aliphatic carboxylic acids is 1. The number of nitrogens with one attached hydrogen (secondary N) is 1. The van der Waals surface area contributed by atoms with E-state index < -0.39 is 35.3 Å². The van der Waals surface area contributed by atoms with Gasteiger partial charge in [0.1, 0.15) is 34.8 Å². The summed E-state index contributed by atoms with van der Waals surface area (Å²) in [6.45, 7) is 4.93. The number of amides is 1. The second-order valence-electron chi connectivity index (χ2n) is 7.05. The van der Waals surface area contributed by atoms with E-state index in [1.54, 1.807) is 20.8 Å². The van der Waals surface area contributed by atoms with Crippen LogP contribution in [0.3, 0.4) is 0 Å². The highest BCUT2D eigenvalue weighted by molar-refractivity contribution is 5.80. The van der Waals surface area contributed by atoms with E-state index in [9.17, 15) is 23.5 Å². The van der Waals surface area contributed by atoms with Crippen LogP contribution in [0.5, 0.6) is 11.5 Å². The Kier molecular flexibility index (Phi) is 6.56. The van der Waals surface area contributed by atoms with Gasteiger partial charge in [-0.15, -0.1) is 0 Å². The molecule has 28 heavy (non-hydrogen) atoms. The van der Waals surface area contributed by atoms with Crippen LogP contribution in [-0.2, 0) is 16.0 Å². The first-order valence-electron chi connectivity index (χ1n) is 8.47. The van der Waals surface area contributed by atoms with Gasteiger partial charge in [-0.1, -0.05) is 0 Å². The summed E-state index contributed by atoms with van der Waals surface area (Å²) in [4.78, 5) is 23.5. The lowest BCUT2D eigenvalue weighted by Gasteiger charge is -2.22. The van der Waals surface area contributed by atoms with Crippen LogP contribution in [0, 0.1) is 11.6 Å². The topological polar surface area (TPSA) is 84.9 Å². The Morgan fingerprint density at radius 1 is 1.07 bits per heavy atom. The number of benzene rings is 2. The summed E-state index contributed by atoms with van der Waals surface area (Å²) in [5.41, 5.74) is -0.587. The predicted octanol–water partition coefficient (Wildman–Crippen LogP) is 4.28. The van der Waals surface area contributed by atoms with Gasteiger partial charge in [-0.25, -0.2) is 18.4 Å². The van der Waals surface area contributed by atoms with E-state index in [0.717, 1.165) is 12.1 Å². The lowest BCUT2D eigenvalue weighted by Crippen LogP contribution is -2.44. The molecule has 6 nitrogen and oxygen atoms in total. The standard InChI is InChI=1S/C20H21F2NO5/c1-20(2,3)28-19(26)23-16(18(24)25)11-12-10-14(22)6-9-17(12)27-15-7-4-13(21)5-8-15/h4-10,16H,11H2,1-3H3,(H,23,26)(H,24,25). The SMILES string of the molecule is CC(C)(C)OC(=O)NC(Cc1cc(F)ccc1Oc1ccc(F)cc1)C(=O)O. The number of carbonyl (C=O) groups is 2. The van der Waals surface area contributed by atoms with Gasteiger partial charge in [-0.05, 0) is 63.2 Å². The van der Waals surface area contributed by atoms with Crippen LogP contribution in [0.4, 0.5) is 13.6 Å². The Morgan fingerprint density at radius 2 is 1.68 bits per heavy atom. The highest BCUT2D eigenvalue weighted by Crippen LogP contribution is 2.27. The van der Waals surface area contributed by atoms with Gasteiger partial charge in [-0.2, -0.15) is 0 Å². The van der Waals surface area contributed by atoms with Crippen molar-refractivity contribution in [3.8, 4) is 11.5 Å². The molecule has 2 aromatic rings. The molecule has 0 spiro atoms. The summed E-state index contributed by atoms with van der Waals surface area (Å²) in [5, 5.41) is 11.7. The Hall–Kier alpha value is -3.16. The third-order valence-electron chi connectivity index (χ3n) is 3.48. The zero-order valence-electron chi connectivity index (χ0n) is 15.7. The van der Waals surface area contributed by atoms with Crippen LogP contribution in [0.25, 0.3) is 0 Å². The molecule has 1 atom stereocenters. The van der Waals surface area contributed by atoms with Gasteiger partial charge in [0.25, 0.3) is 0 Å². The first-order chi connectivity index (χ1) is 13.0. The van der Waals surface area contributed by atoms with Crippen LogP contribution in [0.15, 0.2) is 42.5 Å². The van der Waals surface area contributed by atoms with Gasteiger partial charge in [0, 0.05) is 12.0 Å². The molecule has 150 valence electrons. The minimum Gasteiger partial charge on any atom is -0.480 e. The average molecular weight is 393 g/mol. The van der Waals surface area contributed by atoms with E-state index in [2.05, 4.69) is 5.32 Å². The smallest absolute Gasteiger partial charge is 0.408 e. The van der Waals surface area contributed by atoms with E-state index in [1.165, 1.54) is 30.3 Å². The Bertz CT molecular complexity index is 847. The van der Waals surface area contributed by atoms with Crippen molar-refractivity contribution in [2.24, 2.45) is 0 Å². The van der Waals surface area contributed by atoms with Crippen molar-refractivity contribution < 1.29 is 33.0 Å². The summed E-state index contributed by atoms with van der Waals surface area (Å²) in [6.07, 6.45) is -1.15. The third-order valence-corrected chi connectivity index (χ3v) is 3.48. The van der Waals surface area contributed by atoms with E-state index >= 15 is 0 Å². The van der Waals surface area contributed by atoms with Crippen LogP contribution in [-0.4, -0.2) is 28.8 Å². The molecule has 8 heteroatoms. The first kappa shape index (κ1) is 21.1. The van der Waals surface area contributed by atoms with Crippen molar-refractivity contribution >= 4 is 12.1 Å². The third kappa shape index (κ3) is 6.53. The van der Waals surface area contributed by atoms with E-state index in [0.29, 0.717) is 5.75 Å². The van der Waals surface area contributed by atoms with Crippen molar-refractivity contribution in [2.45, 2.75) is 38.8 Å². The molecule has 1 amide bonds. The van der Waals surface area contributed by atoms with Crippen molar-refractivity contribution in [1.29, 1.82) is 0 Å². The van der Waals surface area contributed by atoms with Gasteiger partial charge in [0.15, 0.2) is 0 Å². The van der Waals surface area contributed by atoms with Crippen LogP contribution < -0.4 is 10.1 Å². The molecule has 0 heterocycles. The number of alkyl carbamates (subject to hydrolysis) is 1. The van der Waals surface area contributed by atoms with Crippen molar-refractivity contribution in [3.63, 3.8) is 0 Å². The van der Waals surface area contributed by atoms with Gasteiger partial charge in [-0.3, -0.25) is 0 Å². The van der Waals surface area contributed by atoms with Crippen molar-refractivity contribution in [2.75, 3.05) is 0 Å². The zero-order valence-corrected chi connectivity index (χ0v) is 15.7. The fourth-order valence-electron chi connectivity index (χ4n) is 2.31. The van der Waals surface area contributed by atoms with Gasteiger partial charge < -0.3 is 19.9 Å². The number of hydrogen-bond acceptors (Lipinski definition) is 4. The van der Waals surface area contributed by atoms with Gasteiger partial charge in [0.2, 0.25) is 0 Å². The van der Waals surface area contributed by atoms with E-state index in [4.69, 9.17) is 9.47 Å². The minimum absolute atomic E-state index is 0.185. The zero-order chi connectivity index (χ0) is 20.9. The number of hydrogen-bond donors (Lipinski definition) is 2. The van der Waals surface area contributed by atoms with Crippen molar-refractivity contribution in [1.82, 2.24) is 5.32 Å². The maximum atomic E-state index is 13.7. The minimum atomic E-state index is -1.37. The number of halogens is 2. The van der Waals surface area contributed by atoms with E-state index in [-0.39, 0.29) is 17.7 Å². The monoisotopic (exact) mass is 393 g/mol. The number of rotatable bonds is 6. The van der Waals surface area contributed by atoms with Crippen LogP contribution >= 0.6 is 0 Å². The molecule has 1 unspecified atom stereocenters. The highest BCUT2D eigenvalue weighted by Gasteiger charge is 2.25. The number of carbonyl (C=O) groups excluding carboxylic acids is 1. The Balaban J connectivity index is 2.21. The fraction of sp³-hybridized carbons (Fsp3) is 0.300. The molecule has 0 bridgehead atoms. The van der Waals surface area contributed by atoms with Crippen LogP contribution in [0.1, 0.15) is 26.3 Å². The maximum absolute atomic E-state index is 13.7. The van der Waals surface area contributed by atoms with Gasteiger partial charge in [0.05, 0.1) is 0 Å². The molecule has 0 aliphatic heterocycles. The summed E-state index contributed by atoms with van der Waals surface area (Å²) < 4.78 is 37.4. The molecule has 0 saturated heterocycles. The molecule has 2 rings (SSSR count). The molecule has 0 aliphatic rings. The normalized spacial score (nSPS) is 12.2. The lowest BCUT2D eigenvalue weighted by atomic mass is 10.0. The molecule has 0 aromatic heterocycles. The number of carboxylic acids is 1.